The monoisotopic (exact) mass is 389 g/mol. The Bertz CT molecular complexity index is 989. The van der Waals surface area contributed by atoms with Gasteiger partial charge in [-0.2, -0.15) is 0 Å². The summed E-state index contributed by atoms with van der Waals surface area (Å²) in [7, 11) is 3.16. The van der Waals surface area contributed by atoms with Crippen molar-refractivity contribution in [1.82, 2.24) is 5.32 Å². The minimum atomic E-state index is -0.651. The molecule has 0 spiro atoms. The lowest BCUT2D eigenvalue weighted by atomic mass is 10.0. The van der Waals surface area contributed by atoms with Crippen molar-refractivity contribution in [2.75, 3.05) is 24.8 Å². The van der Waals surface area contributed by atoms with Gasteiger partial charge in [-0.15, -0.1) is 0 Å². The summed E-state index contributed by atoms with van der Waals surface area (Å²) in [6, 6.07) is 23.0. The molecule has 3 aromatic rings. The Morgan fingerprint density at radius 1 is 0.862 bits per heavy atom. The standard InChI is InChI=1S/C23H23N3O3/c1-24-22(27)17-10-6-11-18(14-17)25-21(16-8-4-3-5-9-16)23(28)26-19-12-7-13-20(15-19)29-2/h3-15,21,25H,1-2H3,(H,24,27)(H,26,28). The zero-order chi connectivity index (χ0) is 20.6. The van der Waals surface area contributed by atoms with E-state index in [-0.39, 0.29) is 11.8 Å². The van der Waals surface area contributed by atoms with E-state index < -0.39 is 6.04 Å². The first kappa shape index (κ1) is 19.9. The summed E-state index contributed by atoms with van der Waals surface area (Å²) in [6.07, 6.45) is 0. The molecular weight excluding hydrogens is 366 g/mol. The number of nitrogens with one attached hydrogen (secondary N) is 3. The third-order valence-electron chi connectivity index (χ3n) is 4.40. The summed E-state index contributed by atoms with van der Waals surface area (Å²) >= 11 is 0. The molecule has 0 aromatic heterocycles. The Labute approximate surface area is 169 Å². The van der Waals surface area contributed by atoms with Gasteiger partial charge < -0.3 is 20.7 Å². The van der Waals surface area contributed by atoms with E-state index in [1.807, 2.05) is 48.5 Å². The van der Waals surface area contributed by atoms with Crippen molar-refractivity contribution in [2.24, 2.45) is 0 Å². The molecule has 0 radical (unpaired) electrons. The SMILES string of the molecule is CNC(=O)c1cccc(NC(C(=O)Nc2cccc(OC)c2)c2ccccc2)c1. The Morgan fingerprint density at radius 3 is 2.31 bits per heavy atom. The molecular formula is C23H23N3O3. The van der Waals surface area contributed by atoms with Crippen LogP contribution in [0.5, 0.6) is 5.75 Å². The molecule has 0 aliphatic rings. The lowest BCUT2D eigenvalue weighted by Gasteiger charge is -2.20. The number of benzene rings is 3. The third kappa shape index (κ3) is 5.13. The van der Waals surface area contributed by atoms with Crippen LogP contribution in [0.1, 0.15) is 22.0 Å². The molecule has 1 unspecified atom stereocenters. The van der Waals surface area contributed by atoms with Crippen molar-refractivity contribution in [1.29, 1.82) is 0 Å². The van der Waals surface area contributed by atoms with Gasteiger partial charge in [-0.25, -0.2) is 0 Å². The topological polar surface area (TPSA) is 79.5 Å². The van der Waals surface area contributed by atoms with E-state index in [0.29, 0.717) is 22.7 Å². The Kier molecular flexibility index (Phi) is 6.47. The third-order valence-corrected chi connectivity index (χ3v) is 4.40. The van der Waals surface area contributed by atoms with E-state index in [9.17, 15) is 9.59 Å². The molecule has 0 aliphatic carbocycles. The molecule has 6 heteroatoms. The van der Waals surface area contributed by atoms with E-state index in [1.165, 1.54) is 0 Å². The van der Waals surface area contributed by atoms with E-state index in [0.717, 1.165) is 5.56 Å². The molecule has 3 rings (SSSR count). The van der Waals surface area contributed by atoms with Crippen LogP contribution in [0, 0.1) is 0 Å². The number of carbonyl (C=O) groups is 2. The van der Waals surface area contributed by atoms with Crippen LogP contribution in [-0.2, 0) is 4.79 Å². The maximum atomic E-state index is 13.1. The predicted molar refractivity (Wildman–Crippen MR) is 114 cm³/mol. The molecule has 3 N–H and O–H groups in total. The summed E-state index contributed by atoms with van der Waals surface area (Å²) in [4.78, 5) is 25.0. The number of rotatable bonds is 7. The van der Waals surface area contributed by atoms with Gasteiger partial charge >= 0.3 is 0 Å². The zero-order valence-corrected chi connectivity index (χ0v) is 16.3. The summed E-state index contributed by atoms with van der Waals surface area (Å²) in [6.45, 7) is 0. The molecule has 0 heterocycles. The average Bonchev–Trinajstić information content (AvgIpc) is 2.77. The molecule has 0 fully saturated rings. The highest BCUT2D eigenvalue weighted by molar-refractivity contribution is 5.98. The quantitative estimate of drug-likeness (QED) is 0.574. The highest BCUT2D eigenvalue weighted by atomic mass is 16.5. The second-order valence-electron chi connectivity index (χ2n) is 6.37. The van der Waals surface area contributed by atoms with Crippen molar-refractivity contribution in [3.05, 3.63) is 90.0 Å². The van der Waals surface area contributed by atoms with Crippen LogP contribution in [0.25, 0.3) is 0 Å². The van der Waals surface area contributed by atoms with E-state index in [1.54, 1.807) is 44.5 Å². The Balaban J connectivity index is 1.87. The largest absolute Gasteiger partial charge is 0.497 e. The van der Waals surface area contributed by atoms with Crippen LogP contribution >= 0.6 is 0 Å². The number of amides is 2. The minimum Gasteiger partial charge on any atom is -0.497 e. The van der Waals surface area contributed by atoms with Gasteiger partial charge in [0.2, 0.25) is 0 Å². The zero-order valence-electron chi connectivity index (χ0n) is 16.3. The minimum absolute atomic E-state index is 0.189. The van der Waals surface area contributed by atoms with Gasteiger partial charge in [0, 0.05) is 30.1 Å². The van der Waals surface area contributed by atoms with Gasteiger partial charge in [-0.1, -0.05) is 42.5 Å². The lowest BCUT2D eigenvalue weighted by molar-refractivity contribution is -0.117. The predicted octanol–water partition coefficient (Wildman–Crippen LogP) is 3.85. The number of carbonyl (C=O) groups excluding carboxylic acids is 2. The van der Waals surface area contributed by atoms with Crippen molar-refractivity contribution in [3.8, 4) is 5.75 Å². The maximum absolute atomic E-state index is 13.1. The second-order valence-corrected chi connectivity index (χ2v) is 6.37. The van der Waals surface area contributed by atoms with Gasteiger partial charge in [0.25, 0.3) is 11.8 Å². The highest BCUT2D eigenvalue weighted by Gasteiger charge is 2.21. The van der Waals surface area contributed by atoms with Crippen LogP contribution in [0.3, 0.4) is 0 Å². The first-order valence-electron chi connectivity index (χ1n) is 9.19. The van der Waals surface area contributed by atoms with Gasteiger partial charge in [0.05, 0.1) is 7.11 Å². The fraction of sp³-hybridized carbons (Fsp3) is 0.130. The summed E-state index contributed by atoms with van der Waals surface area (Å²) in [5, 5.41) is 8.77. The number of hydrogen-bond donors (Lipinski definition) is 3. The molecule has 2 amide bonds. The van der Waals surface area contributed by atoms with Gasteiger partial charge in [0.15, 0.2) is 0 Å². The molecule has 6 nitrogen and oxygen atoms in total. The maximum Gasteiger partial charge on any atom is 0.251 e. The molecule has 148 valence electrons. The fourth-order valence-electron chi connectivity index (χ4n) is 2.92. The van der Waals surface area contributed by atoms with Crippen LogP contribution in [0.2, 0.25) is 0 Å². The molecule has 0 saturated heterocycles. The summed E-state index contributed by atoms with van der Waals surface area (Å²) < 4.78 is 5.22. The lowest BCUT2D eigenvalue weighted by Crippen LogP contribution is -2.27. The van der Waals surface area contributed by atoms with Crippen molar-refractivity contribution in [3.63, 3.8) is 0 Å². The van der Waals surface area contributed by atoms with Crippen molar-refractivity contribution >= 4 is 23.2 Å². The average molecular weight is 389 g/mol. The number of anilines is 2. The molecule has 1 atom stereocenters. The van der Waals surface area contributed by atoms with Gasteiger partial charge in [-0.3, -0.25) is 9.59 Å². The first-order valence-corrected chi connectivity index (χ1v) is 9.19. The van der Waals surface area contributed by atoms with Gasteiger partial charge in [0.1, 0.15) is 11.8 Å². The van der Waals surface area contributed by atoms with Crippen LogP contribution in [0.4, 0.5) is 11.4 Å². The fourth-order valence-corrected chi connectivity index (χ4v) is 2.92. The normalized spacial score (nSPS) is 11.2. The molecule has 0 saturated carbocycles. The molecule has 0 bridgehead atoms. The smallest absolute Gasteiger partial charge is 0.251 e. The van der Waals surface area contributed by atoms with Crippen LogP contribution in [-0.4, -0.2) is 26.0 Å². The highest BCUT2D eigenvalue weighted by Crippen LogP contribution is 2.24. The van der Waals surface area contributed by atoms with Crippen LogP contribution < -0.4 is 20.7 Å². The van der Waals surface area contributed by atoms with E-state index in [4.69, 9.17) is 4.74 Å². The number of methoxy groups -OCH3 is 1. The number of ether oxygens (including phenoxy) is 1. The van der Waals surface area contributed by atoms with E-state index >= 15 is 0 Å². The Morgan fingerprint density at radius 2 is 1.59 bits per heavy atom. The molecule has 0 aliphatic heterocycles. The summed E-state index contributed by atoms with van der Waals surface area (Å²) in [5.41, 5.74) is 2.62. The Hall–Kier alpha value is -3.80. The number of hydrogen-bond acceptors (Lipinski definition) is 4. The van der Waals surface area contributed by atoms with Crippen molar-refractivity contribution in [2.45, 2.75) is 6.04 Å². The molecule has 29 heavy (non-hydrogen) atoms. The second kappa shape index (κ2) is 9.41. The van der Waals surface area contributed by atoms with Crippen molar-refractivity contribution < 1.29 is 14.3 Å². The first-order chi connectivity index (χ1) is 14.1. The van der Waals surface area contributed by atoms with E-state index in [2.05, 4.69) is 16.0 Å². The van der Waals surface area contributed by atoms with Crippen LogP contribution in [0.15, 0.2) is 78.9 Å². The summed E-state index contributed by atoms with van der Waals surface area (Å²) in [5.74, 6) is 0.242. The molecule has 3 aromatic carbocycles. The van der Waals surface area contributed by atoms with Gasteiger partial charge in [-0.05, 0) is 35.9 Å².